The van der Waals surface area contributed by atoms with Gasteiger partial charge in [0, 0.05) is 5.69 Å². The number of nitroso groups, excluding NO2 is 1. The van der Waals surface area contributed by atoms with E-state index in [4.69, 9.17) is 16.2 Å². The van der Waals surface area contributed by atoms with Gasteiger partial charge in [-0.2, -0.15) is 0 Å². The van der Waals surface area contributed by atoms with Crippen LogP contribution >= 0.6 is 0 Å². The van der Waals surface area contributed by atoms with E-state index in [9.17, 15) is 9.70 Å². The number of carbonyl (C=O) groups excluding carboxylic acids is 1. The van der Waals surface area contributed by atoms with E-state index in [1.165, 1.54) is 18.2 Å². The quantitative estimate of drug-likeness (QED) is 0.380. The van der Waals surface area contributed by atoms with Crippen molar-refractivity contribution in [2.45, 2.75) is 0 Å². The first-order chi connectivity index (χ1) is 9.10. The molecule has 6 heteroatoms. The molecule has 0 radical (unpaired) electrons. The van der Waals surface area contributed by atoms with Crippen molar-refractivity contribution in [3.8, 4) is 5.75 Å². The highest BCUT2D eigenvalue weighted by Crippen LogP contribution is 2.24. The standard InChI is InChI=1S/C13H11N3O3/c14-9-2-4-10(5-3-9)19-13(17)8-1-6-11(15)12(7-8)16-18/h1-7H,14-15H2. The summed E-state index contributed by atoms with van der Waals surface area (Å²) < 4.78 is 5.12. The van der Waals surface area contributed by atoms with E-state index in [1.807, 2.05) is 0 Å². The van der Waals surface area contributed by atoms with Gasteiger partial charge in [0.1, 0.15) is 11.4 Å². The highest BCUT2D eigenvalue weighted by atomic mass is 16.5. The lowest BCUT2D eigenvalue weighted by atomic mass is 10.2. The van der Waals surface area contributed by atoms with Gasteiger partial charge in [0.25, 0.3) is 0 Å². The summed E-state index contributed by atoms with van der Waals surface area (Å²) in [5.74, 6) is -0.244. The third-order valence-electron chi connectivity index (χ3n) is 2.46. The number of rotatable bonds is 3. The molecule has 2 aromatic carbocycles. The number of esters is 1. The first-order valence-corrected chi connectivity index (χ1v) is 5.41. The molecule has 0 amide bonds. The molecule has 2 rings (SSSR count). The van der Waals surface area contributed by atoms with Crippen molar-refractivity contribution in [1.29, 1.82) is 0 Å². The van der Waals surface area contributed by atoms with Crippen LogP contribution in [0.15, 0.2) is 47.6 Å². The maximum Gasteiger partial charge on any atom is 0.343 e. The largest absolute Gasteiger partial charge is 0.423 e. The number of nitrogen functional groups attached to an aromatic ring is 2. The number of benzene rings is 2. The van der Waals surface area contributed by atoms with Crippen molar-refractivity contribution in [2.75, 3.05) is 11.5 Å². The number of nitrogens with zero attached hydrogens (tertiary/aromatic N) is 1. The Morgan fingerprint density at radius 3 is 2.37 bits per heavy atom. The second-order valence-corrected chi connectivity index (χ2v) is 3.82. The third kappa shape index (κ3) is 2.86. The van der Waals surface area contributed by atoms with Crippen molar-refractivity contribution in [2.24, 2.45) is 5.18 Å². The van der Waals surface area contributed by atoms with Crippen molar-refractivity contribution >= 4 is 23.0 Å². The fourth-order valence-corrected chi connectivity index (χ4v) is 1.45. The van der Waals surface area contributed by atoms with E-state index in [0.717, 1.165) is 0 Å². The van der Waals surface area contributed by atoms with E-state index in [0.29, 0.717) is 11.4 Å². The first-order valence-electron chi connectivity index (χ1n) is 5.41. The van der Waals surface area contributed by atoms with Crippen LogP contribution in [-0.2, 0) is 0 Å². The van der Waals surface area contributed by atoms with Gasteiger partial charge in [-0.25, -0.2) is 4.79 Å². The highest BCUT2D eigenvalue weighted by Gasteiger charge is 2.11. The maximum absolute atomic E-state index is 11.8. The Bertz CT molecular complexity index is 624. The smallest absolute Gasteiger partial charge is 0.343 e. The molecule has 0 fully saturated rings. The molecule has 0 bridgehead atoms. The second kappa shape index (κ2) is 5.18. The Kier molecular flexibility index (Phi) is 3.42. The zero-order chi connectivity index (χ0) is 13.8. The Balaban J connectivity index is 2.20. The molecule has 0 heterocycles. The Morgan fingerprint density at radius 2 is 1.74 bits per heavy atom. The minimum Gasteiger partial charge on any atom is -0.423 e. The summed E-state index contributed by atoms with van der Waals surface area (Å²) in [4.78, 5) is 22.3. The predicted molar refractivity (Wildman–Crippen MR) is 72.1 cm³/mol. The summed E-state index contributed by atoms with van der Waals surface area (Å²) in [5.41, 5.74) is 12.0. The van der Waals surface area contributed by atoms with Crippen molar-refractivity contribution in [3.63, 3.8) is 0 Å². The molecule has 4 N–H and O–H groups in total. The molecule has 2 aromatic rings. The van der Waals surface area contributed by atoms with Gasteiger partial charge in [-0.05, 0) is 47.6 Å². The molecule has 6 nitrogen and oxygen atoms in total. The number of ether oxygens (including phenoxy) is 1. The molecule has 0 aliphatic heterocycles. The van der Waals surface area contributed by atoms with Gasteiger partial charge in [-0.1, -0.05) is 0 Å². The fourth-order valence-electron chi connectivity index (χ4n) is 1.45. The molecule has 0 aliphatic carbocycles. The summed E-state index contributed by atoms with van der Waals surface area (Å²) in [6.45, 7) is 0. The summed E-state index contributed by atoms with van der Waals surface area (Å²) in [6, 6.07) is 10.5. The molecule has 0 unspecified atom stereocenters. The van der Waals surface area contributed by atoms with Gasteiger partial charge in [-0.15, -0.1) is 4.91 Å². The van der Waals surface area contributed by atoms with Crippen LogP contribution < -0.4 is 16.2 Å². The topological polar surface area (TPSA) is 108 Å². The number of anilines is 2. The number of hydrogen-bond acceptors (Lipinski definition) is 6. The van der Waals surface area contributed by atoms with Crippen LogP contribution in [0.4, 0.5) is 17.1 Å². The molecule has 0 saturated carbocycles. The Hall–Kier alpha value is -2.89. The lowest BCUT2D eigenvalue weighted by molar-refractivity contribution is 0.0735. The zero-order valence-electron chi connectivity index (χ0n) is 9.87. The van der Waals surface area contributed by atoms with Crippen LogP contribution in [0.1, 0.15) is 10.4 Å². The molecule has 96 valence electrons. The molecule has 19 heavy (non-hydrogen) atoms. The predicted octanol–water partition coefficient (Wildman–Crippen LogP) is 2.47. The van der Waals surface area contributed by atoms with Gasteiger partial charge in [-0.3, -0.25) is 0 Å². The fraction of sp³-hybridized carbons (Fsp3) is 0. The summed E-state index contributed by atoms with van der Waals surface area (Å²) in [7, 11) is 0. The minimum atomic E-state index is -0.602. The van der Waals surface area contributed by atoms with Crippen molar-refractivity contribution < 1.29 is 9.53 Å². The van der Waals surface area contributed by atoms with Gasteiger partial charge in [0.2, 0.25) is 0 Å². The van der Waals surface area contributed by atoms with Crippen LogP contribution in [-0.4, -0.2) is 5.97 Å². The normalized spacial score (nSPS) is 9.89. The molecule has 0 atom stereocenters. The average molecular weight is 257 g/mol. The van der Waals surface area contributed by atoms with Gasteiger partial charge >= 0.3 is 5.97 Å². The van der Waals surface area contributed by atoms with Crippen LogP contribution in [0, 0.1) is 4.91 Å². The SMILES string of the molecule is Nc1ccc(OC(=O)c2ccc(N)c(N=O)c2)cc1. The molecule has 0 spiro atoms. The first kappa shape index (κ1) is 12.6. The van der Waals surface area contributed by atoms with E-state index < -0.39 is 5.97 Å². The van der Waals surface area contributed by atoms with Crippen molar-refractivity contribution in [3.05, 3.63) is 52.9 Å². The third-order valence-corrected chi connectivity index (χ3v) is 2.46. The number of nitrogens with two attached hydrogens (primary N) is 2. The number of hydrogen-bond donors (Lipinski definition) is 2. The molecule has 0 saturated heterocycles. The van der Waals surface area contributed by atoms with E-state index >= 15 is 0 Å². The minimum absolute atomic E-state index is 0.00626. The lowest BCUT2D eigenvalue weighted by Gasteiger charge is -2.05. The van der Waals surface area contributed by atoms with E-state index in [-0.39, 0.29) is 16.9 Å². The molecule has 0 aromatic heterocycles. The monoisotopic (exact) mass is 257 g/mol. The summed E-state index contributed by atoms with van der Waals surface area (Å²) >= 11 is 0. The summed E-state index contributed by atoms with van der Waals surface area (Å²) in [6.07, 6.45) is 0. The van der Waals surface area contributed by atoms with Crippen LogP contribution in [0.2, 0.25) is 0 Å². The van der Waals surface area contributed by atoms with Crippen LogP contribution in [0.25, 0.3) is 0 Å². The zero-order valence-corrected chi connectivity index (χ0v) is 9.87. The molecular formula is C13H11N3O3. The van der Waals surface area contributed by atoms with Gasteiger partial charge < -0.3 is 16.2 Å². The van der Waals surface area contributed by atoms with E-state index in [1.54, 1.807) is 24.3 Å². The van der Waals surface area contributed by atoms with Crippen molar-refractivity contribution in [1.82, 2.24) is 0 Å². The molecule has 0 aliphatic rings. The molecular weight excluding hydrogens is 246 g/mol. The lowest BCUT2D eigenvalue weighted by Crippen LogP contribution is -2.08. The number of carbonyl (C=O) groups is 1. The van der Waals surface area contributed by atoms with Crippen LogP contribution in [0.3, 0.4) is 0 Å². The van der Waals surface area contributed by atoms with E-state index in [2.05, 4.69) is 5.18 Å². The maximum atomic E-state index is 11.8. The van der Waals surface area contributed by atoms with Gasteiger partial charge in [0.05, 0.1) is 11.3 Å². The Labute approximate surface area is 109 Å². The van der Waals surface area contributed by atoms with Crippen LogP contribution in [0.5, 0.6) is 5.75 Å². The highest BCUT2D eigenvalue weighted by molar-refractivity contribution is 5.93. The Morgan fingerprint density at radius 1 is 1.05 bits per heavy atom. The van der Waals surface area contributed by atoms with Gasteiger partial charge in [0.15, 0.2) is 0 Å². The average Bonchev–Trinajstić information content (AvgIpc) is 2.42. The summed E-state index contributed by atoms with van der Waals surface area (Å²) in [5, 5.41) is 2.73. The second-order valence-electron chi connectivity index (χ2n) is 3.82.